The molecule has 0 amide bonds. The summed E-state index contributed by atoms with van der Waals surface area (Å²) in [7, 11) is 1.67. The molecule has 1 aromatic rings. The van der Waals surface area contributed by atoms with Crippen LogP contribution in [0.25, 0.3) is 0 Å². The van der Waals surface area contributed by atoms with Crippen molar-refractivity contribution in [1.82, 2.24) is 0 Å². The summed E-state index contributed by atoms with van der Waals surface area (Å²) in [5.41, 5.74) is 7.38. The van der Waals surface area contributed by atoms with Crippen molar-refractivity contribution in [2.24, 2.45) is 5.73 Å². The maximum Gasteiger partial charge on any atom is 0.120 e. The largest absolute Gasteiger partial charge is 0.497 e. The minimum absolute atomic E-state index is 0.108. The van der Waals surface area contributed by atoms with Crippen LogP contribution in [0.15, 0.2) is 18.2 Å². The van der Waals surface area contributed by atoms with Crippen molar-refractivity contribution in [1.29, 1.82) is 0 Å². The lowest BCUT2D eigenvalue weighted by Crippen LogP contribution is -2.37. The van der Waals surface area contributed by atoms with Gasteiger partial charge in [-0.2, -0.15) is 0 Å². The standard InChI is InChI=1S/C14H20ClNO/c1-17-13-8-11(7-12(15)9-13)14(10-16)5-3-2-4-6-14/h7-9H,2-6,10,16H2,1H3. The lowest BCUT2D eigenvalue weighted by atomic mass is 9.69. The van der Waals surface area contributed by atoms with Crippen LogP contribution >= 0.6 is 11.6 Å². The van der Waals surface area contributed by atoms with Gasteiger partial charge in [-0.25, -0.2) is 0 Å². The van der Waals surface area contributed by atoms with Crippen molar-refractivity contribution in [2.45, 2.75) is 37.5 Å². The molecular weight excluding hydrogens is 234 g/mol. The molecule has 0 unspecified atom stereocenters. The normalized spacial score (nSPS) is 19.0. The molecule has 1 aliphatic rings. The van der Waals surface area contributed by atoms with Crippen LogP contribution in [0.1, 0.15) is 37.7 Å². The van der Waals surface area contributed by atoms with Gasteiger partial charge < -0.3 is 10.5 Å². The smallest absolute Gasteiger partial charge is 0.120 e. The zero-order chi connectivity index (χ0) is 12.3. The van der Waals surface area contributed by atoms with Gasteiger partial charge in [0.2, 0.25) is 0 Å². The predicted octanol–water partition coefficient (Wildman–Crippen LogP) is 3.51. The van der Waals surface area contributed by atoms with Crippen LogP contribution < -0.4 is 10.5 Å². The number of nitrogens with two attached hydrogens (primary N) is 1. The summed E-state index contributed by atoms with van der Waals surface area (Å²) >= 11 is 6.15. The number of benzene rings is 1. The monoisotopic (exact) mass is 253 g/mol. The highest BCUT2D eigenvalue weighted by Gasteiger charge is 2.33. The highest BCUT2D eigenvalue weighted by molar-refractivity contribution is 6.30. The van der Waals surface area contributed by atoms with Crippen molar-refractivity contribution in [3.05, 3.63) is 28.8 Å². The van der Waals surface area contributed by atoms with Crippen LogP contribution in [-0.4, -0.2) is 13.7 Å². The van der Waals surface area contributed by atoms with E-state index in [1.54, 1.807) is 7.11 Å². The molecule has 0 aromatic heterocycles. The van der Waals surface area contributed by atoms with Gasteiger partial charge in [-0.1, -0.05) is 30.9 Å². The quantitative estimate of drug-likeness (QED) is 0.895. The first kappa shape index (κ1) is 12.7. The van der Waals surface area contributed by atoms with E-state index < -0.39 is 0 Å². The third-order valence-electron chi connectivity index (χ3n) is 3.92. The summed E-state index contributed by atoms with van der Waals surface area (Å²) in [6.07, 6.45) is 6.15. The molecule has 1 aromatic carbocycles. The Balaban J connectivity index is 2.38. The Labute approximate surface area is 108 Å². The van der Waals surface area contributed by atoms with Gasteiger partial charge in [0.25, 0.3) is 0 Å². The number of ether oxygens (including phenoxy) is 1. The molecule has 0 heterocycles. The van der Waals surface area contributed by atoms with Crippen molar-refractivity contribution < 1.29 is 4.74 Å². The average Bonchev–Trinajstić information content (AvgIpc) is 2.38. The van der Waals surface area contributed by atoms with E-state index in [-0.39, 0.29) is 5.41 Å². The highest BCUT2D eigenvalue weighted by atomic mass is 35.5. The number of methoxy groups -OCH3 is 1. The Morgan fingerprint density at radius 1 is 1.24 bits per heavy atom. The van der Waals surface area contributed by atoms with Crippen LogP contribution in [0.2, 0.25) is 5.02 Å². The average molecular weight is 254 g/mol. The van der Waals surface area contributed by atoms with E-state index in [0.29, 0.717) is 6.54 Å². The number of rotatable bonds is 3. The fraction of sp³-hybridized carbons (Fsp3) is 0.571. The minimum atomic E-state index is 0.108. The fourth-order valence-electron chi connectivity index (χ4n) is 2.83. The van der Waals surface area contributed by atoms with Gasteiger partial charge in [-0.05, 0) is 36.6 Å². The zero-order valence-corrected chi connectivity index (χ0v) is 11.1. The molecule has 1 saturated carbocycles. The first-order valence-electron chi connectivity index (χ1n) is 6.25. The summed E-state index contributed by atoms with van der Waals surface area (Å²) in [6.45, 7) is 0.691. The summed E-state index contributed by atoms with van der Waals surface area (Å²) in [6, 6.07) is 5.98. The molecule has 2 rings (SSSR count). The summed E-state index contributed by atoms with van der Waals surface area (Å²) < 4.78 is 5.29. The highest BCUT2D eigenvalue weighted by Crippen LogP contribution is 2.40. The second-order valence-electron chi connectivity index (χ2n) is 4.92. The van der Waals surface area contributed by atoms with Crippen molar-refractivity contribution in [2.75, 3.05) is 13.7 Å². The summed E-state index contributed by atoms with van der Waals surface area (Å²) in [4.78, 5) is 0. The van der Waals surface area contributed by atoms with Crippen LogP contribution in [0.3, 0.4) is 0 Å². The number of hydrogen-bond acceptors (Lipinski definition) is 2. The maximum atomic E-state index is 6.15. The minimum Gasteiger partial charge on any atom is -0.497 e. The molecule has 2 nitrogen and oxygen atoms in total. The SMILES string of the molecule is COc1cc(Cl)cc(C2(CN)CCCCC2)c1. The van der Waals surface area contributed by atoms with E-state index in [1.807, 2.05) is 12.1 Å². The molecular formula is C14H20ClNO. The molecule has 1 fully saturated rings. The van der Waals surface area contributed by atoms with E-state index in [0.717, 1.165) is 23.6 Å². The summed E-state index contributed by atoms with van der Waals surface area (Å²) in [5, 5.41) is 0.734. The third-order valence-corrected chi connectivity index (χ3v) is 4.14. The molecule has 0 atom stereocenters. The van der Waals surface area contributed by atoms with Crippen LogP contribution in [0.4, 0.5) is 0 Å². The number of hydrogen-bond donors (Lipinski definition) is 1. The second-order valence-corrected chi connectivity index (χ2v) is 5.36. The lowest BCUT2D eigenvalue weighted by molar-refractivity contribution is 0.299. The summed E-state index contributed by atoms with van der Waals surface area (Å²) in [5.74, 6) is 0.825. The van der Waals surface area contributed by atoms with Gasteiger partial charge in [0.05, 0.1) is 7.11 Å². The van der Waals surface area contributed by atoms with Gasteiger partial charge in [0, 0.05) is 17.0 Å². The third kappa shape index (κ3) is 2.58. The first-order chi connectivity index (χ1) is 8.20. The van der Waals surface area contributed by atoms with E-state index >= 15 is 0 Å². The van der Waals surface area contributed by atoms with Gasteiger partial charge in [-0.3, -0.25) is 0 Å². The van der Waals surface area contributed by atoms with Gasteiger partial charge in [0.1, 0.15) is 5.75 Å². The fourth-order valence-corrected chi connectivity index (χ4v) is 3.05. The molecule has 0 radical (unpaired) electrons. The second kappa shape index (κ2) is 5.28. The first-order valence-corrected chi connectivity index (χ1v) is 6.63. The number of halogens is 1. The Bertz CT molecular complexity index is 386. The Morgan fingerprint density at radius 3 is 2.53 bits per heavy atom. The van der Waals surface area contributed by atoms with E-state index in [4.69, 9.17) is 22.1 Å². The zero-order valence-electron chi connectivity index (χ0n) is 10.3. The van der Waals surface area contributed by atoms with Gasteiger partial charge >= 0.3 is 0 Å². The Hall–Kier alpha value is -0.730. The van der Waals surface area contributed by atoms with Gasteiger partial charge in [-0.15, -0.1) is 0 Å². The molecule has 0 saturated heterocycles. The van der Waals surface area contributed by atoms with Crippen molar-refractivity contribution in [3.63, 3.8) is 0 Å². The Kier molecular flexibility index (Phi) is 3.95. The molecule has 1 aliphatic carbocycles. The van der Waals surface area contributed by atoms with E-state index in [9.17, 15) is 0 Å². The molecule has 3 heteroatoms. The van der Waals surface area contributed by atoms with Crippen LogP contribution in [0.5, 0.6) is 5.75 Å². The van der Waals surface area contributed by atoms with Crippen LogP contribution in [-0.2, 0) is 5.41 Å². The van der Waals surface area contributed by atoms with E-state index in [1.165, 1.54) is 24.8 Å². The molecule has 17 heavy (non-hydrogen) atoms. The molecule has 0 aliphatic heterocycles. The van der Waals surface area contributed by atoms with Crippen LogP contribution in [0, 0.1) is 0 Å². The van der Waals surface area contributed by atoms with Crippen molar-refractivity contribution >= 4 is 11.6 Å². The van der Waals surface area contributed by atoms with Crippen molar-refractivity contribution in [3.8, 4) is 5.75 Å². The molecule has 0 bridgehead atoms. The topological polar surface area (TPSA) is 35.2 Å². The van der Waals surface area contributed by atoms with E-state index in [2.05, 4.69) is 6.07 Å². The lowest BCUT2D eigenvalue weighted by Gasteiger charge is -2.37. The molecule has 0 spiro atoms. The molecule has 94 valence electrons. The molecule has 2 N–H and O–H groups in total. The predicted molar refractivity (Wildman–Crippen MR) is 71.8 cm³/mol. The maximum absolute atomic E-state index is 6.15. The van der Waals surface area contributed by atoms with Gasteiger partial charge in [0.15, 0.2) is 0 Å². The Morgan fingerprint density at radius 2 is 1.94 bits per heavy atom.